The number of aromatic amines is 1. The van der Waals surface area contributed by atoms with E-state index in [1.165, 1.54) is 4.90 Å². The fraction of sp³-hybridized carbons (Fsp3) is 0.0400. The molecule has 2 N–H and O–H groups in total. The number of hydrogen-bond donors (Lipinski definition) is 2. The van der Waals surface area contributed by atoms with Crippen molar-refractivity contribution in [2.75, 3.05) is 11.7 Å². The predicted molar refractivity (Wildman–Crippen MR) is 130 cm³/mol. The Balaban J connectivity index is 1.51. The van der Waals surface area contributed by atoms with E-state index in [1.807, 2.05) is 48.5 Å². The number of nitrogens with zero attached hydrogens (tertiary/aromatic N) is 3. The average Bonchev–Trinajstić information content (AvgIpc) is 2.85. The second-order valence-corrected chi connectivity index (χ2v) is 7.72. The van der Waals surface area contributed by atoms with Gasteiger partial charge in [-0.15, -0.1) is 11.8 Å². The van der Waals surface area contributed by atoms with Crippen LogP contribution in [0.1, 0.15) is 11.1 Å². The molecule has 0 aliphatic heterocycles. The fourth-order valence-electron chi connectivity index (χ4n) is 3.15. The molecule has 0 aliphatic carbocycles. The first-order valence-electron chi connectivity index (χ1n) is 9.81. The molecule has 1 heterocycles. The quantitative estimate of drug-likeness (QED) is 0.247. The van der Waals surface area contributed by atoms with Crippen molar-refractivity contribution in [1.29, 1.82) is 5.26 Å². The van der Waals surface area contributed by atoms with E-state index in [0.29, 0.717) is 11.3 Å². The summed E-state index contributed by atoms with van der Waals surface area (Å²) in [6, 6.07) is 27.4. The van der Waals surface area contributed by atoms with E-state index in [2.05, 4.69) is 51.0 Å². The number of anilines is 1. The third-order valence-electron chi connectivity index (χ3n) is 4.80. The summed E-state index contributed by atoms with van der Waals surface area (Å²) in [6.07, 6.45) is 3.70. The molecule has 0 bridgehead atoms. The molecule has 1 aromatic heterocycles. The van der Waals surface area contributed by atoms with Gasteiger partial charge in [0.15, 0.2) is 0 Å². The Labute approximate surface area is 189 Å². The smallest absolute Gasteiger partial charge is 0.270 e. The van der Waals surface area contributed by atoms with Crippen molar-refractivity contribution < 1.29 is 0 Å². The zero-order valence-corrected chi connectivity index (χ0v) is 18.1. The summed E-state index contributed by atoms with van der Waals surface area (Å²) in [5.41, 5.74) is 6.35. The van der Waals surface area contributed by atoms with Crippen LogP contribution in [0.3, 0.4) is 0 Å². The summed E-state index contributed by atoms with van der Waals surface area (Å²) in [6.45, 7) is 0. The lowest BCUT2D eigenvalue weighted by molar-refractivity contribution is 1.08. The highest BCUT2D eigenvalue weighted by Gasteiger charge is 2.12. The van der Waals surface area contributed by atoms with Crippen molar-refractivity contribution >= 4 is 23.9 Å². The zero-order valence-electron chi connectivity index (χ0n) is 17.2. The van der Waals surface area contributed by atoms with Crippen LogP contribution in [-0.4, -0.2) is 22.4 Å². The lowest BCUT2D eigenvalue weighted by Gasteiger charge is -2.06. The van der Waals surface area contributed by atoms with Crippen LogP contribution in [0.15, 0.2) is 93.7 Å². The number of rotatable bonds is 6. The zero-order chi connectivity index (χ0) is 22.3. The minimum absolute atomic E-state index is 0.0353. The molecule has 0 saturated heterocycles. The maximum atomic E-state index is 12.3. The molecular weight excluding hydrogens is 418 g/mol. The van der Waals surface area contributed by atoms with Crippen LogP contribution < -0.4 is 11.0 Å². The topological polar surface area (TPSA) is 93.9 Å². The van der Waals surface area contributed by atoms with Gasteiger partial charge in [-0.2, -0.15) is 10.4 Å². The molecule has 3 aromatic carbocycles. The molecule has 0 saturated carbocycles. The van der Waals surface area contributed by atoms with Crippen LogP contribution in [0.25, 0.3) is 22.4 Å². The van der Waals surface area contributed by atoms with Crippen LogP contribution in [0.4, 0.5) is 5.95 Å². The summed E-state index contributed by atoms with van der Waals surface area (Å²) >= 11 is 1.72. The van der Waals surface area contributed by atoms with Crippen LogP contribution in [-0.2, 0) is 0 Å². The Kier molecular flexibility index (Phi) is 6.44. The van der Waals surface area contributed by atoms with E-state index in [-0.39, 0.29) is 11.5 Å². The maximum Gasteiger partial charge on any atom is 0.270 e. The van der Waals surface area contributed by atoms with Gasteiger partial charge in [-0.25, -0.2) is 10.4 Å². The first kappa shape index (κ1) is 21.1. The maximum absolute atomic E-state index is 12.3. The van der Waals surface area contributed by atoms with Crippen LogP contribution in [0, 0.1) is 11.3 Å². The van der Waals surface area contributed by atoms with Crippen molar-refractivity contribution in [2.24, 2.45) is 5.10 Å². The molecule has 6 nitrogen and oxygen atoms in total. The number of nitrogens with one attached hydrogen (secondary N) is 2. The van der Waals surface area contributed by atoms with E-state index in [1.54, 1.807) is 30.1 Å². The average molecular weight is 438 g/mol. The summed E-state index contributed by atoms with van der Waals surface area (Å²) in [4.78, 5) is 20.4. The Hall–Kier alpha value is -4.15. The molecule has 7 heteroatoms. The molecule has 32 heavy (non-hydrogen) atoms. The van der Waals surface area contributed by atoms with Crippen molar-refractivity contribution in [2.45, 2.75) is 4.90 Å². The van der Waals surface area contributed by atoms with E-state index >= 15 is 0 Å². The summed E-state index contributed by atoms with van der Waals surface area (Å²) in [7, 11) is 0. The van der Waals surface area contributed by atoms with E-state index < -0.39 is 5.56 Å². The molecule has 4 aromatic rings. The fourth-order valence-corrected chi connectivity index (χ4v) is 3.56. The highest BCUT2D eigenvalue weighted by Crippen LogP contribution is 2.23. The first-order valence-corrected chi connectivity index (χ1v) is 11.0. The van der Waals surface area contributed by atoms with Crippen LogP contribution in [0.5, 0.6) is 0 Å². The van der Waals surface area contributed by atoms with Crippen LogP contribution >= 0.6 is 11.8 Å². The number of hydrazone groups is 1. The molecule has 0 radical (unpaired) electrons. The molecular formula is C25H19N5OS. The van der Waals surface area contributed by atoms with Gasteiger partial charge in [-0.3, -0.25) is 9.78 Å². The van der Waals surface area contributed by atoms with E-state index in [9.17, 15) is 10.1 Å². The summed E-state index contributed by atoms with van der Waals surface area (Å²) < 4.78 is 0. The van der Waals surface area contributed by atoms with Crippen molar-refractivity contribution in [3.8, 4) is 28.5 Å². The highest BCUT2D eigenvalue weighted by molar-refractivity contribution is 7.98. The van der Waals surface area contributed by atoms with Gasteiger partial charge in [0.05, 0.1) is 11.9 Å². The van der Waals surface area contributed by atoms with Gasteiger partial charge in [-0.05, 0) is 35.1 Å². The third-order valence-corrected chi connectivity index (χ3v) is 5.54. The largest absolute Gasteiger partial charge is 0.290 e. The molecule has 4 rings (SSSR count). The van der Waals surface area contributed by atoms with Gasteiger partial charge in [-0.1, -0.05) is 66.7 Å². The monoisotopic (exact) mass is 437 g/mol. The van der Waals surface area contributed by atoms with Gasteiger partial charge >= 0.3 is 0 Å². The lowest BCUT2D eigenvalue weighted by atomic mass is 10.0. The number of hydrogen-bond acceptors (Lipinski definition) is 6. The van der Waals surface area contributed by atoms with E-state index in [0.717, 1.165) is 16.7 Å². The van der Waals surface area contributed by atoms with Gasteiger partial charge in [0.2, 0.25) is 5.95 Å². The molecule has 0 atom stereocenters. The first-order chi connectivity index (χ1) is 15.7. The Morgan fingerprint density at radius 2 is 1.62 bits per heavy atom. The number of aromatic nitrogens is 2. The molecule has 0 amide bonds. The van der Waals surface area contributed by atoms with Gasteiger partial charge < -0.3 is 0 Å². The standard InChI is InChI=1S/C25H19N5OS/c1-32-21-13-11-19(12-14-21)18-9-7-17(8-10-18)16-27-30-25-28-23(20-5-3-2-4-6-20)22(15-26)24(31)29-25/h2-14,16H,1H3,(H2,28,29,30,31). The minimum atomic E-state index is -0.518. The van der Waals surface area contributed by atoms with Gasteiger partial charge in [0, 0.05) is 10.5 Å². The number of benzene rings is 3. The van der Waals surface area contributed by atoms with Crippen molar-refractivity contribution in [3.63, 3.8) is 0 Å². The number of H-pyrrole nitrogens is 1. The second kappa shape index (κ2) is 9.77. The molecule has 0 fully saturated rings. The minimum Gasteiger partial charge on any atom is -0.290 e. The Bertz CT molecular complexity index is 1340. The van der Waals surface area contributed by atoms with Crippen LogP contribution in [0.2, 0.25) is 0 Å². The normalized spacial score (nSPS) is 10.8. The third kappa shape index (κ3) is 4.77. The van der Waals surface area contributed by atoms with Gasteiger partial charge in [0.1, 0.15) is 11.6 Å². The molecule has 0 unspecified atom stereocenters. The van der Waals surface area contributed by atoms with E-state index in [4.69, 9.17) is 0 Å². The highest BCUT2D eigenvalue weighted by atomic mass is 32.2. The van der Waals surface area contributed by atoms with Crippen molar-refractivity contribution in [1.82, 2.24) is 9.97 Å². The Morgan fingerprint density at radius 1 is 0.969 bits per heavy atom. The van der Waals surface area contributed by atoms with Gasteiger partial charge in [0.25, 0.3) is 5.56 Å². The predicted octanol–water partition coefficient (Wildman–Crippen LogP) is 5.14. The SMILES string of the molecule is CSc1ccc(-c2ccc(C=NNc3nc(-c4ccccc4)c(C#N)c(=O)[nH]3)cc2)cc1. The lowest BCUT2D eigenvalue weighted by Crippen LogP contribution is -2.16. The van der Waals surface area contributed by atoms with Crippen molar-refractivity contribution in [3.05, 3.63) is 100 Å². The molecule has 0 spiro atoms. The summed E-state index contributed by atoms with van der Waals surface area (Å²) in [5.74, 6) is 0.162. The summed E-state index contributed by atoms with van der Waals surface area (Å²) in [5, 5.41) is 13.5. The molecule has 156 valence electrons. The Morgan fingerprint density at radius 3 is 2.25 bits per heavy atom. The molecule has 0 aliphatic rings. The second-order valence-electron chi connectivity index (χ2n) is 6.84. The number of thioether (sulfide) groups is 1. The number of nitriles is 1.